The van der Waals surface area contributed by atoms with Gasteiger partial charge < -0.3 is 5.32 Å². The SMILES string of the molecule is CC1CN(Cc2ncnn2C)C2(CCCCC2)CN1. The molecule has 1 atom stereocenters. The molecule has 1 unspecified atom stereocenters. The van der Waals surface area contributed by atoms with Crippen molar-refractivity contribution in [2.45, 2.75) is 57.2 Å². The number of nitrogens with one attached hydrogen (secondary N) is 1. The summed E-state index contributed by atoms with van der Waals surface area (Å²) >= 11 is 0. The molecule has 1 aromatic heterocycles. The Bertz CT molecular complexity index is 421. The highest BCUT2D eigenvalue weighted by atomic mass is 15.4. The second-order valence-electron chi connectivity index (χ2n) is 6.25. The Morgan fingerprint density at radius 3 is 2.84 bits per heavy atom. The topological polar surface area (TPSA) is 46.0 Å². The maximum absolute atomic E-state index is 4.40. The molecule has 1 N–H and O–H groups in total. The van der Waals surface area contributed by atoms with Crippen LogP contribution in [-0.2, 0) is 13.6 Å². The van der Waals surface area contributed by atoms with Crippen LogP contribution in [0.15, 0.2) is 6.33 Å². The van der Waals surface area contributed by atoms with E-state index in [1.807, 2.05) is 11.7 Å². The van der Waals surface area contributed by atoms with Crippen molar-refractivity contribution in [1.82, 2.24) is 25.0 Å². The number of aromatic nitrogens is 3. The van der Waals surface area contributed by atoms with Crippen molar-refractivity contribution >= 4 is 0 Å². The zero-order chi connectivity index (χ0) is 13.3. The Morgan fingerprint density at radius 2 is 2.16 bits per heavy atom. The molecule has 1 spiro atoms. The van der Waals surface area contributed by atoms with Crippen molar-refractivity contribution in [3.8, 4) is 0 Å². The second kappa shape index (κ2) is 5.21. The first-order valence-corrected chi connectivity index (χ1v) is 7.51. The summed E-state index contributed by atoms with van der Waals surface area (Å²) in [6, 6.07) is 0.570. The molecule has 1 aromatic rings. The lowest BCUT2D eigenvalue weighted by atomic mass is 9.78. The van der Waals surface area contributed by atoms with E-state index < -0.39 is 0 Å². The van der Waals surface area contributed by atoms with Gasteiger partial charge in [-0.25, -0.2) is 4.98 Å². The predicted octanol–water partition coefficient (Wildman–Crippen LogP) is 1.31. The fourth-order valence-electron chi connectivity index (χ4n) is 3.63. The standard InChI is InChI=1S/C14H25N5/c1-12-8-19(9-13-16-11-17-18(13)2)14(10-15-12)6-4-3-5-7-14/h11-12,15H,3-10H2,1-2H3. The third kappa shape index (κ3) is 2.54. The Labute approximate surface area is 115 Å². The van der Waals surface area contributed by atoms with Crippen molar-refractivity contribution < 1.29 is 0 Å². The number of hydrogen-bond donors (Lipinski definition) is 1. The number of rotatable bonds is 2. The van der Waals surface area contributed by atoms with Gasteiger partial charge in [0.05, 0.1) is 6.54 Å². The van der Waals surface area contributed by atoms with Crippen molar-refractivity contribution in [2.75, 3.05) is 13.1 Å². The second-order valence-corrected chi connectivity index (χ2v) is 6.25. The first-order chi connectivity index (χ1) is 9.20. The molecule has 1 aliphatic heterocycles. The van der Waals surface area contributed by atoms with Gasteiger partial charge in [-0.15, -0.1) is 0 Å². The summed E-state index contributed by atoms with van der Waals surface area (Å²) in [6.07, 6.45) is 8.44. The Kier molecular flexibility index (Phi) is 3.58. The molecule has 2 aliphatic rings. The molecule has 5 heteroatoms. The molecule has 5 nitrogen and oxygen atoms in total. The number of aryl methyl sites for hydroxylation is 1. The molecule has 1 saturated carbocycles. The average Bonchev–Trinajstić information content (AvgIpc) is 2.81. The van der Waals surface area contributed by atoms with Crippen molar-refractivity contribution in [2.24, 2.45) is 7.05 Å². The van der Waals surface area contributed by atoms with Crippen LogP contribution in [-0.4, -0.2) is 44.3 Å². The van der Waals surface area contributed by atoms with E-state index in [9.17, 15) is 0 Å². The fourth-order valence-corrected chi connectivity index (χ4v) is 3.63. The molecular formula is C14H25N5. The van der Waals surface area contributed by atoms with Crippen LogP contribution in [0.5, 0.6) is 0 Å². The molecule has 1 saturated heterocycles. The zero-order valence-corrected chi connectivity index (χ0v) is 12.1. The van der Waals surface area contributed by atoms with Crippen LogP contribution in [0, 0.1) is 0 Å². The van der Waals surface area contributed by atoms with Crippen molar-refractivity contribution in [3.63, 3.8) is 0 Å². The molecule has 0 amide bonds. The number of nitrogens with zero attached hydrogens (tertiary/aromatic N) is 4. The molecular weight excluding hydrogens is 238 g/mol. The van der Waals surface area contributed by atoms with Crippen LogP contribution < -0.4 is 5.32 Å². The Hall–Kier alpha value is -0.940. The minimum atomic E-state index is 0.358. The molecule has 0 radical (unpaired) electrons. The van der Waals surface area contributed by atoms with Crippen molar-refractivity contribution in [3.05, 3.63) is 12.2 Å². The summed E-state index contributed by atoms with van der Waals surface area (Å²) < 4.78 is 1.91. The minimum Gasteiger partial charge on any atom is -0.311 e. The van der Waals surface area contributed by atoms with Gasteiger partial charge in [-0.1, -0.05) is 19.3 Å². The van der Waals surface area contributed by atoms with E-state index in [0.29, 0.717) is 11.6 Å². The van der Waals surface area contributed by atoms with Crippen LogP contribution in [0.25, 0.3) is 0 Å². The van der Waals surface area contributed by atoms with Crippen LogP contribution >= 0.6 is 0 Å². The summed E-state index contributed by atoms with van der Waals surface area (Å²) in [6.45, 7) is 5.46. The van der Waals surface area contributed by atoms with Gasteiger partial charge in [0.2, 0.25) is 0 Å². The molecule has 0 aromatic carbocycles. The molecule has 3 rings (SSSR count). The van der Waals surface area contributed by atoms with E-state index in [1.54, 1.807) is 6.33 Å². The molecule has 1 aliphatic carbocycles. The zero-order valence-electron chi connectivity index (χ0n) is 12.1. The van der Waals surface area contributed by atoms with Crippen LogP contribution in [0.3, 0.4) is 0 Å². The van der Waals surface area contributed by atoms with E-state index >= 15 is 0 Å². The Morgan fingerprint density at radius 1 is 1.37 bits per heavy atom. The average molecular weight is 263 g/mol. The van der Waals surface area contributed by atoms with Gasteiger partial charge >= 0.3 is 0 Å². The van der Waals surface area contributed by atoms with Gasteiger partial charge in [-0.3, -0.25) is 9.58 Å². The van der Waals surface area contributed by atoms with Crippen LogP contribution in [0.1, 0.15) is 44.9 Å². The van der Waals surface area contributed by atoms with Gasteiger partial charge in [0.1, 0.15) is 12.2 Å². The third-order valence-electron chi connectivity index (χ3n) is 4.87. The monoisotopic (exact) mass is 263 g/mol. The van der Waals surface area contributed by atoms with Crippen molar-refractivity contribution in [1.29, 1.82) is 0 Å². The maximum atomic E-state index is 4.40. The van der Waals surface area contributed by atoms with E-state index in [-0.39, 0.29) is 0 Å². The highest BCUT2D eigenvalue weighted by Crippen LogP contribution is 2.36. The summed E-state index contributed by atoms with van der Waals surface area (Å²) in [7, 11) is 1.99. The molecule has 106 valence electrons. The quantitative estimate of drug-likeness (QED) is 0.874. The van der Waals surface area contributed by atoms with E-state index in [4.69, 9.17) is 0 Å². The molecule has 2 heterocycles. The predicted molar refractivity (Wildman–Crippen MR) is 74.7 cm³/mol. The lowest BCUT2D eigenvalue weighted by molar-refractivity contribution is 0.00363. The first-order valence-electron chi connectivity index (χ1n) is 7.51. The van der Waals surface area contributed by atoms with Gasteiger partial charge in [0.25, 0.3) is 0 Å². The Balaban J connectivity index is 1.79. The minimum absolute atomic E-state index is 0.358. The van der Waals surface area contributed by atoms with E-state index in [1.165, 1.54) is 32.1 Å². The van der Waals surface area contributed by atoms with E-state index in [0.717, 1.165) is 25.5 Å². The van der Waals surface area contributed by atoms with Gasteiger partial charge in [-0.2, -0.15) is 5.10 Å². The molecule has 2 fully saturated rings. The van der Waals surface area contributed by atoms with Crippen LogP contribution in [0.2, 0.25) is 0 Å². The lowest BCUT2D eigenvalue weighted by Gasteiger charge is -2.51. The lowest BCUT2D eigenvalue weighted by Crippen LogP contribution is -2.64. The molecule has 19 heavy (non-hydrogen) atoms. The highest BCUT2D eigenvalue weighted by molar-refractivity contribution is 5.01. The first kappa shape index (κ1) is 13.1. The summed E-state index contributed by atoms with van der Waals surface area (Å²) in [5.41, 5.74) is 0.358. The molecule has 0 bridgehead atoms. The maximum Gasteiger partial charge on any atom is 0.140 e. The largest absolute Gasteiger partial charge is 0.311 e. The summed E-state index contributed by atoms with van der Waals surface area (Å²) in [5.74, 6) is 1.08. The van der Waals surface area contributed by atoms with Gasteiger partial charge in [-0.05, 0) is 19.8 Å². The smallest absolute Gasteiger partial charge is 0.140 e. The van der Waals surface area contributed by atoms with Gasteiger partial charge in [0, 0.05) is 31.7 Å². The summed E-state index contributed by atoms with van der Waals surface area (Å²) in [4.78, 5) is 7.07. The van der Waals surface area contributed by atoms with E-state index in [2.05, 4.69) is 27.2 Å². The normalized spacial score (nSPS) is 27.8. The number of hydrogen-bond acceptors (Lipinski definition) is 4. The highest BCUT2D eigenvalue weighted by Gasteiger charge is 2.41. The van der Waals surface area contributed by atoms with Gasteiger partial charge in [0.15, 0.2) is 0 Å². The third-order valence-corrected chi connectivity index (χ3v) is 4.87. The number of piperazine rings is 1. The van der Waals surface area contributed by atoms with Crippen LogP contribution in [0.4, 0.5) is 0 Å². The summed E-state index contributed by atoms with van der Waals surface area (Å²) in [5, 5.41) is 7.88. The fraction of sp³-hybridized carbons (Fsp3) is 0.857.